The van der Waals surface area contributed by atoms with E-state index >= 15 is 0 Å². The molecule has 0 aliphatic carbocycles. The molecule has 2 N–H and O–H groups in total. The number of fused-ring (bicyclic) bond motifs is 1. The third-order valence-corrected chi connectivity index (χ3v) is 7.08. The molecule has 6 nitrogen and oxygen atoms in total. The van der Waals surface area contributed by atoms with Gasteiger partial charge in [-0.2, -0.15) is 0 Å². The fraction of sp³-hybridized carbons (Fsp3) is 0.0909. The normalized spacial score (nSPS) is 16.6. The maximum Gasteiger partial charge on any atom is 0.300 e. The van der Waals surface area contributed by atoms with Crippen LogP contribution in [0.4, 0.5) is 5.69 Å². The number of ketones is 1. The predicted octanol–water partition coefficient (Wildman–Crippen LogP) is 6.68. The average Bonchev–Trinajstić information content (AvgIpc) is 3.51. The van der Waals surface area contributed by atoms with E-state index in [1.54, 1.807) is 36.5 Å². The molecule has 39 heavy (non-hydrogen) atoms. The number of carbonyl (C=O) groups excluding carboxylic acids is 2. The largest absolute Gasteiger partial charge is 0.507 e. The highest BCUT2D eigenvalue weighted by atomic mass is 16.5. The summed E-state index contributed by atoms with van der Waals surface area (Å²) in [5.41, 5.74) is 4.52. The number of aromatic amines is 1. The van der Waals surface area contributed by atoms with Crippen LogP contribution in [0.2, 0.25) is 0 Å². The van der Waals surface area contributed by atoms with E-state index in [1.165, 1.54) is 4.90 Å². The standard InChI is InChI=1S/C33H26N2O4/c1-21-18-23(16-17-28(21)39-20-22-10-4-2-5-11-22)31(36)29-30(26-19-34-27-15-9-8-14-25(26)27)35(33(38)32(29)37)24-12-6-3-7-13-24/h2-19,30,34,36H,20H2,1H3/b31-29+. The molecule has 4 aromatic carbocycles. The van der Waals surface area contributed by atoms with Crippen molar-refractivity contribution >= 4 is 34.0 Å². The number of aromatic nitrogens is 1. The molecule has 0 saturated carbocycles. The first kappa shape index (κ1) is 24.2. The van der Waals surface area contributed by atoms with Crippen LogP contribution in [0, 0.1) is 6.92 Å². The van der Waals surface area contributed by atoms with Crippen molar-refractivity contribution in [2.24, 2.45) is 0 Å². The molecule has 1 amide bonds. The van der Waals surface area contributed by atoms with E-state index < -0.39 is 17.7 Å². The maximum absolute atomic E-state index is 13.5. The minimum Gasteiger partial charge on any atom is -0.507 e. The number of aliphatic hydroxyl groups excluding tert-OH is 1. The molecule has 1 unspecified atom stereocenters. The Hall–Kier alpha value is -5.10. The van der Waals surface area contributed by atoms with Crippen LogP contribution in [0.1, 0.15) is 28.3 Å². The number of nitrogens with zero attached hydrogens (tertiary/aromatic N) is 1. The SMILES string of the molecule is Cc1cc(/C(O)=C2\C(=O)C(=O)N(c3ccccc3)C2c2c[nH]c3ccccc23)ccc1OCc1ccccc1. The molecule has 1 aromatic heterocycles. The lowest BCUT2D eigenvalue weighted by molar-refractivity contribution is -0.132. The van der Waals surface area contributed by atoms with Gasteiger partial charge >= 0.3 is 0 Å². The molecule has 5 aromatic rings. The third-order valence-electron chi connectivity index (χ3n) is 7.08. The van der Waals surface area contributed by atoms with Crippen molar-refractivity contribution in [1.82, 2.24) is 4.98 Å². The number of aryl methyl sites for hydroxylation is 1. The molecule has 6 heteroatoms. The monoisotopic (exact) mass is 514 g/mol. The number of hydrogen-bond donors (Lipinski definition) is 2. The van der Waals surface area contributed by atoms with Crippen molar-refractivity contribution < 1.29 is 19.4 Å². The van der Waals surface area contributed by atoms with Crippen LogP contribution in [-0.2, 0) is 16.2 Å². The van der Waals surface area contributed by atoms with Gasteiger partial charge in [-0.15, -0.1) is 0 Å². The van der Waals surface area contributed by atoms with Gasteiger partial charge in [0, 0.05) is 33.9 Å². The molecule has 1 atom stereocenters. The van der Waals surface area contributed by atoms with Crippen LogP contribution in [0.25, 0.3) is 16.7 Å². The Balaban J connectivity index is 1.44. The molecule has 192 valence electrons. The summed E-state index contributed by atoms with van der Waals surface area (Å²) >= 11 is 0. The van der Waals surface area contributed by atoms with Gasteiger partial charge in [0.25, 0.3) is 11.7 Å². The van der Waals surface area contributed by atoms with Crippen molar-refractivity contribution in [2.45, 2.75) is 19.6 Å². The molecule has 2 heterocycles. The molecule has 0 spiro atoms. The lowest BCUT2D eigenvalue weighted by atomic mass is 9.94. The first-order valence-electron chi connectivity index (χ1n) is 12.7. The highest BCUT2D eigenvalue weighted by molar-refractivity contribution is 6.51. The Kier molecular flexibility index (Phi) is 6.21. The maximum atomic E-state index is 13.5. The summed E-state index contributed by atoms with van der Waals surface area (Å²) in [5, 5.41) is 12.4. The lowest BCUT2D eigenvalue weighted by Gasteiger charge is -2.25. The summed E-state index contributed by atoms with van der Waals surface area (Å²) in [5.74, 6) is -0.959. The highest BCUT2D eigenvalue weighted by Crippen LogP contribution is 2.44. The van der Waals surface area contributed by atoms with Crippen LogP contribution < -0.4 is 9.64 Å². The van der Waals surface area contributed by atoms with Crippen molar-refractivity contribution in [1.29, 1.82) is 0 Å². The molecular formula is C33H26N2O4. The highest BCUT2D eigenvalue weighted by Gasteiger charge is 2.47. The molecule has 1 aliphatic heterocycles. The number of benzene rings is 4. The van der Waals surface area contributed by atoms with Crippen molar-refractivity contribution in [3.05, 3.63) is 137 Å². The summed E-state index contributed by atoms with van der Waals surface area (Å²) in [4.78, 5) is 31.7. The number of ether oxygens (including phenoxy) is 1. The Morgan fingerprint density at radius 2 is 1.59 bits per heavy atom. The summed E-state index contributed by atoms with van der Waals surface area (Å²) in [6.45, 7) is 2.30. The van der Waals surface area contributed by atoms with E-state index in [4.69, 9.17) is 4.74 Å². The fourth-order valence-electron chi connectivity index (χ4n) is 5.15. The second-order valence-electron chi connectivity index (χ2n) is 9.55. The molecule has 1 aliphatic rings. The van der Waals surface area contributed by atoms with Crippen LogP contribution in [0.3, 0.4) is 0 Å². The predicted molar refractivity (Wildman–Crippen MR) is 151 cm³/mol. The molecule has 0 radical (unpaired) electrons. The van der Waals surface area contributed by atoms with Gasteiger partial charge in [-0.3, -0.25) is 14.5 Å². The Labute approximate surface area is 225 Å². The minimum absolute atomic E-state index is 0.0472. The number of hydrogen-bond acceptors (Lipinski definition) is 4. The molecule has 6 rings (SSSR count). The number of nitrogens with one attached hydrogen (secondary N) is 1. The topological polar surface area (TPSA) is 82.6 Å². The lowest BCUT2D eigenvalue weighted by Crippen LogP contribution is -2.29. The Bertz CT molecular complexity index is 1720. The van der Waals surface area contributed by atoms with Gasteiger partial charge in [0.15, 0.2) is 0 Å². The second kappa shape index (κ2) is 9.99. The number of anilines is 1. The molecule has 1 saturated heterocycles. The fourth-order valence-corrected chi connectivity index (χ4v) is 5.15. The van der Waals surface area contributed by atoms with E-state index in [1.807, 2.05) is 79.7 Å². The van der Waals surface area contributed by atoms with Gasteiger partial charge < -0.3 is 14.8 Å². The van der Waals surface area contributed by atoms with Crippen LogP contribution in [0.5, 0.6) is 5.75 Å². The van der Waals surface area contributed by atoms with Gasteiger partial charge in [-0.05, 0) is 54.4 Å². The summed E-state index contributed by atoms with van der Waals surface area (Å²) < 4.78 is 5.99. The zero-order chi connectivity index (χ0) is 26.9. The van der Waals surface area contributed by atoms with E-state index in [2.05, 4.69) is 4.98 Å². The number of H-pyrrole nitrogens is 1. The Morgan fingerprint density at radius 1 is 0.897 bits per heavy atom. The van der Waals surface area contributed by atoms with E-state index in [0.29, 0.717) is 23.6 Å². The summed E-state index contributed by atoms with van der Waals surface area (Å²) in [6, 6.07) is 31.1. The van der Waals surface area contributed by atoms with Crippen LogP contribution in [0.15, 0.2) is 115 Å². The molecule has 0 bridgehead atoms. The van der Waals surface area contributed by atoms with Crippen molar-refractivity contribution in [3.63, 3.8) is 0 Å². The second-order valence-corrected chi connectivity index (χ2v) is 9.55. The molecule has 1 fully saturated rings. The number of aliphatic hydroxyl groups is 1. The number of amides is 1. The third kappa shape index (κ3) is 4.36. The number of para-hydroxylation sites is 2. The van der Waals surface area contributed by atoms with Crippen LogP contribution >= 0.6 is 0 Å². The van der Waals surface area contributed by atoms with E-state index in [0.717, 1.165) is 27.6 Å². The minimum atomic E-state index is -0.808. The number of Topliss-reactive ketones (excluding diaryl/α,β-unsaturated/α-hetero) is 1. The van der Waals surface area contributed by atoms with Gasteiger partial charge in [0.2, 0.25) is 0 Å². The van der Waals surface area contributed by atoms with E-state index in [-0.39, 0.29) is 11.3 Å². The van der Waals surface area contributed by atoms with Gasteiger partial charge in [0.05, 0.1) is 11.6 Å². The van der Waals surface area contributed by atoms with E-state index in [9.17, 15) is 14.7 Å². The first-order chi connectivity index (χ1) is 19.0. The summed E-state index contributed by atoms with van der Waals surface area (Å²) in [7, 11) is 0. The number of rotatable bonds is 6. The first-order valence-corrected chi connectivity index (χ1v) is 12.7. The van der Waals surface area contributed by atoms with Gasteiger partial charge in [-0.1, -0.05) is 66.7 Å². The van der Waals surface area contributed by atoms with Gasteiger partial charge in [0.1, 0.15) is 18.1 Å². The zero-order valence-electron chi connectivity index (χ0n) is 21.3. The quantitative estimate of drug-likeness (QED) is 0.150. The van der Waals surface area contributed by atoms with Crippen molar-refractivity contribution in [2.75, 3.05) is 4.90 Å². The van der Waals surface area contributed by atoms with Crippen molar-refractivity contribution in [3.8, 4) is 5.75 Å². The van der Waals surface area contributed by atoms with Crippen LogP contribution in [-0.4, -0.2) is 21.8 Å². The van der Waals surface area contributed by atoms with Gasteiger partial charge in [-0.25, -0.2) is 0 Å². The molecular weight excluding hydrogens is 488 g/mol. The average molecular weight is 515 g/mol. The smallest absolute Gasteiger partial charge is 0.300 e. The number of carbonyl (C=O) groups is 2. The summed E-state index contributed by atoms with van der Waals surface area (Å²) in [6.07, 6.45) is 1.80. The Morgan fingerprint density at radius 3 is 2.33 bits per heavy atom. The zero-order valence-corrected chi connectivity index (χ0v) is 21.3.